The summed E-state index contributed by atoms with van der Waals surface area (Å²) < 4.78 is 32.2. The van der Waals surface area contributed by atoms with E-state index in [9.17, 15) is 13.2 Å². The van der Waals surface area contributed by atoms with Crippen molar-refractivity contribution in [3.63, 3.8) is 0 Å². The molecule has 3 aromatic heterocycles. The van der Waals surface area contributed by atoms with E-state index in [0.29, 0.717) is 38.5 Å². The topological polar surface area (TPSA) is 159 Å². The molecule has 0 fully saturated rings. The van der Waals surface area contributed by atoms with Crippen LogP contribution in [-0.4, -0.2) is 96.7 Å². The Balaban J connectivity index is 1.55. The monoisotopic (exact) mass is 619 g/mol. The van der Waals surface area contributed by atoms with Crippen molar-refractivity contribution in [3.05, 3.63) is 58.5 Å². The predicted octanol–water partition coefficient (Wildman–Crippen LogP) is 2.26. The van der Waals surface area contributed by atoms with Crippen LogP contribution in [0.5, 0.6) is 5.88 Å². The highest BCUT2D eigenvalue weighted by molar-refractivity contribution is 7.89. The number of nitrogens with one attached hydrogen (secondary N) is 1. The molecule has 4 aromatic rings. The Bertz CT molecular complexity index is 1590. The van der Waals surface area contributed by atoms with Crippen molar-refractivity contribution in [2.75, 3.05) is 52.8 Å². The van der Waals surface area contributed by atoms with Crippen LogP contribution in [-0.2, 0) is 26.3 Å². The fourth-order valence-corrected chi connectivity index (χ4v) is 5.86. The van der Waals surface area contributed by atoms with Gasteiger partial charge in [0.15, 0.2) is 17.5 Å². The van der Waals surface area contributed by atoms with E-state index < -0.39 is 15.9 Å². The fraction of sp³-hybridized carbons (Fsp3) is 0.320. The van der Waals surface area contributed by atoms with E-state index in [1.807, 2.05) is 19.0 Å². The highest BCUT2D eigenvalue weighted by atomic mass is 32.2. The first kappa shape index (κ1) is 30.4. The highest BCUT2D eigenvalue weighted by Gasteiger charge is 2.23. The van der Waals surface area contributed by atoms with Gasteiger partial charge in [-0.25, -0.2) is 23.4 Å². The van der Waals surface area contributed by atoms with E-state index in [1.54, 1.807) is 23.7 Å². The van der Waals surface area contributed by atoms with Gasteiger partial charge in [-0.2, -0.15) is 4.31 Å². The number of amides is 1. The Hall–Kier alpha value is -3.54. The van der Waals surface area contributed by atoms with Gasteiger partial charge < -0.3 is 19.6 Å². The number of likely N-dealkylation sites (N-methyl/N-ethyl adjacent to an activating group) is 2. The molecule has 13 nitrogen and oxygen atoms in total. The minimum atomic E-state index is -3.82. The number of hydrogen-bond acceptors (Lipinski definition) is 13. The van der Waals surface area contributed by atoms with Gasteiger partial charge in [-0.05, 0) is 32.3 Å². The number of fused-ring (bicyclic) bond motifs is 1. The third kappa shape index (κ3) is 8.02. The molecule has 0 bridgehead atoms. The summed E-state index contributed by atoms with van der Waals surface area (Å²) in [6.07, 6.45) is 1.63. The molecular weight excluding hydrogens is 591 g/mol. The zero-order valence-corrected chi connectivity index (χ0v) is 25.0. The van der Waals surface area contributed by atoms with Crippen LogP contribution in [0, 0.1) is 0 Å². The number of carbonyl (C=O) groups is 1. The number of aliphatic hydroxyl groups excluding tert-OH is 1. The number of carbonyl (C=O) groups excluding carboxylic acids is 1. The predicted molar refractivity (Wildman–Crippen MR) is 157 cm³/mol. The molecule has 0 aliphatic carbocycles. The minimum absolute atomic E-state index is 0.00140. The molecule has 4 rings (SSSR count). The SMILES string of the molecule is CN(C)CCOc1ccc2nc(NC(=O)C(=NOCc3nccs3)c3ccc(S(=O)(=O)N(C)CCO)cc3)sc2n1. The number of rotatable bonds is 14. The summed E-state index contributed by atoms with van der Waals surface area (Å²) in [4.78, 5) is 34.4. The second-order valence-corrected chi connectivity index (χ2v) is 12.8. The molecule has 2 N–H and O–H groups in total. The molecule has 16 heteroatoms. The molecule has 0 aliphatic heterocycles. The standard InChI is InChI=1S/C25H29N7O6S3/c1-31(2)12-14-37-20-9-8-19-24(28-20)40-25(27-19)29-23(34)22(30-38-16-21-26-10-15-39-21)17-4-6-18(7-5-17)41(35,36)32(3)11-13-33/h4-10,15,33H,11-14,16H2,1-3H3,(H,27,29,34). The number of pyridine rings is 1. The van der Waals surface area contributed by atoms with Crippen LogP contribution in [0.1, 0.15) is 10.6 Å². The van der Waals surface area contributed by atoms with Gasteiger partial charge in [-0.1, -0.05) is 28.6 Å². The minimum Gasteiger partial charge on any atom is -0.476 e. The van der Waals surface area contributed by atoms with Gasteiger partial charge in [-0.3, -0.25) is 10.1 Å². The van der Waals surface area contributed by atoms with Gasteiger partial charge in [-0.15, -0.1) is 11.3 Å². The molecule has 0 unspecified atom stereocenters. The molecule has 3 heterocycles. The third-order valence-corrected chi connectivity index (χ3v) is 9.04. The Morgan fingerprint density at radius 3 is 2.56 bits per heavy atom. The van der Waals surface area contributed by atoms with Crippen molar-refractivity contribution in [1.29, 1.82) is 0 Å². The smallest absolute Gasteiger partial charge is 0.280 e. The highest BCUT2D eigenvalue weighted by Crippen LogP contribution is 2.26. The molecule has 0 radical (unpaired) electrons. The Labute approximate surface area is 245 Å². The van der Waals surface area contributed by atoms with Gasteiger partial charge >= 0.3 is 0 Å². The number of benzene rings is 1. The lowest BCUT2D eigenvalue weighted by Crippen LogP contribution is -2.29. The van der Waals surface area contributed by atoms with Crippen LogP contribution >= 0.6 is 22.7 Å². The van der Waals surface area contributed by atoms with Crippen LogP contribution in [0.3, 0.4) is 0 Å². The molecule has 0 spiro atoms. The quantitative estimate of drug-likeness (QED) is 0.158. The maximum atomic E-state index is 13.4. The summed E-state index contributed by atoms with van der Waals surface area (Å²) in [5.74, 6) is -0.156. The molecule has 0 atom stereocenters. The van der Waals surface area contributed by atoms with Crippen molar-refractivity contribution in [2.24, 2.45) is 5.16 Å². The summed E-state index contributed by atoms with van der Waals surface area (Å²) >= 11 is 2.55. The number of ether oxygens (including phenoxy) is 1. The summed E-state index contributed by atoms with van der Waals surface area (Å²) in [6.45, 7) is 0.904. The number of nitrogens with zero attached hydrogens (tertiary/aromatic N) is 6. The molecular formula is C25H29N7O6S3. The van der Waals surface area contributed by atoms with Gasteiger partial charge in [0.2, 0.25) is 15.9 Å². The van der Waals surface area contributed by atoms with E-state index in [-0.39, 0.29) is 30.4 Å². The summed E-state index contributed by atoms with van der Waals surface area (Å²) in [7, 11) is 1.46. The van der Waals surface area contributed by atoms with Crippen molar-refractivity contribution < 1.29 is 27.9 Å². The maximum Gasteiger partial charge on any atom is 0.280 e. The number of aliphatic hydroxyl groups is 1. The summed E-state index contributed by atoms with van der Waals surface area (Å²) in [5, 5.41) is 18.7. The summed E-state index contributed by atoms with van der Waals surface area (Å²) in [6, 6.07) is 9.13. The second-order valence-electron chi connectivity index (χ2n) is 8.81. The lowest BCUT2D eigenvalue weighted by Gasteiger charge is -2.16. The first-order valence-corrected chi connectivity index (χ1v) is 15.4. The summed E-state index contributed by atoms with van der Waals surface area (Å²) in [5.41, 5.74) is 0.820. The first-order chi connectivity index (χ1) is 19.7. The normalized spacial score (nSPS) is 12.3. The molecule has 41 heavy (non-hydrogen) atoms. The van der Waals surface area contributed by atoms with Gasteiger partial charge in [0.05, 0.1) is 11.5 Å². The lowest BCUT2D eigenvalue weighted by molar-refractivity contribution is -0.110. The van der Waals surface area contributed by atoms with E-state index in [0.717, 1.165) is 10.8 Å². The molecule has 0 saturated carbocycles. The average Bonchev–Trinajstić information content (AvgIpc) is 3.60. The second kappa shape index (κ2) is 13.9. The van der Waals surface area contributed by atoms with Gasteiger partial charge in [0.25, 0.3) is 5.91 Å². The number of sulfonamides is 1. The van der Waals surface area contributed by atoms with Crippen molar-refractivity contribution >= 4 is 59.8 Å². The van der Waals surface area contributed by atoms with Crippen LogP contribution < -0.4 is 10.1 Å². The molecule has 0 aliphatic rings. The number of aromatic nitrogens is 3. The maximum absolute atomic E-state index is 13.4. The van der Waals surface area contributed by atoms with Crippen LogP contribution in [0.4, 0.5) is 5.13 Å². The van der Waals surface area contributed by atoms with E-state index >= 15 is 0 Å². The number of oxime groups is 1. The number of anilines is 1. The Morgan fingerprint density at radius 2 is 1.88 bits per heavy atom. The average molecular weight is 620 g/mol. The lowest BCUT2D eigenvalue weighted by atomic mass is 10.1. The van der Waals surface area contributed by atoms with Gasteiger partial charge in [0.1, 0.15) is 22.0 Å². The van der Waals surface area contributed by atoms with E-state index in [4.69, 9.17) is 14.7 Å². The van der Waals surface area contributed by atoms with Gasteiger partial charge in [0, 0.05) is 43.3 Å². The molecule has 0 saturated heterocycles. The van der Waals surface area contributed by atoms with Crippen molar-refractivity contribution in [3.8, 4) is 5.88 Å². The number of thiazole rings is 2. The van der Waals surface area contributed by atoms with E-state index in [1.165, 1.54) is 54.0 Å². The zero-order valence-electron chi connectivity index (χ0n) is 22.6. The fourth-order valence-electron chi connectivity index (χ4n) is 3.35. The zero-order chi connectivity index (χ0) is 29.4. The Morgan fingerprint density at radius 1 is 1.10 bits per heavy atom. The largest absolute Gasteiger partial charge is 0.476 e. The Kier molecular flexibility index (Phi) is 10.3. The van der Waals surface area contributed by atoms with Crippen molar-refractivity contribution in [2.45, 2.75) is 11.5 Å². The molecule has 218 valence electrons. The molecule has 1 amide bonds. The number of hydrogen-bond donors (Lipinski definition) is 2. The molecule has 1 aromatic carbocycles. The third-order valence-electron chi connectivity index (χ3n) is 5.53. The van der Waals surface area contributed by atoms with Crippen LogP contribution in [0.15, 0.2) is 58.0 Å². The van der Waals surface area contributed by atoms with Crippen molar-refractivity contribution in [1.82, 2.24) is 24.2 Å². The first-order valence-electron chi connectivity index (χ1n) is 12.3. The van der Waals surface area contributed by atoms with E-state index in [2.05, 4.69) is 25.4 Å². The van der Waals surface area contributed by atoms with Crippen LogP contribution in [0.25, 0.3) is 10.3 Å². The van der Waals surface area contributed by atoms with Crippen LogP contribution in [0.2, 0.25) is 0 Å².